The van der Waals surface area contributed by atoms with Crippen molar-refractivity contribution in [3.63, 3.8) is 0 Å². The molecule has 0 N–H and O–H groups in total. The number of hydrogen-bond acceptors (Lipinski definition) is 2. The number of benzene rings is 2. The van der Waals surface area contributed by atoms with E-state index in [0.29, 0.717) is 5.56 Å². The van der Waals surface area contributed by atoms with Crippen LogP contribution in [0.4, 0.5) is 0 Å². The predicted octanol–water partition coefficient (Wildman–Crippen LogP) is 4.10. The van der Waals surface area contributed by atoms with Crippen LogP contribution >= 0.6 is 0 Å². The number of carbonyl (C=O) groups is 1. The van der Waals surface area contributed by atoms with Gasteiger partial charge in [0, 0.05) is 22.7 Å². The van der Waals surface area contributed by atoms with Crippen LogP contribution in [0.3, 0.4) is 0 Å². The molecule has 0 radical (unpaired) electrons. The van der Waals surface area contributed by atoms with Crippen LogP contribution < -0.4 is 0 Å². The van der Waals surface area contributed by atoms with Crippen molar-refractivity contribution >= 4 is 16.7 Å². The van der Waals surface area contributed by atoms with Crippen molar-refractivity contribution in [2.75, 3.05) is 0 Å². The van der Waals surface area contributed by atoms with E-state index in [9.17, 15) is 4.79 Å². The van der Waals surface area contributed by atoms with E-state index < -0.39 is 0 Å². The highest BCUT2D eigenvalue weighted by Gasteiger charge is 2.13. The molecule has 0 aliphatic heterocycles. The number of ketones is 1. The summed E-state index contributed by atoms with van der Waals surface area (Å²) >= 11 is 0. The highest BCUT2D eigenvalue weighted by atomic mass is 16.1. The fourth-order valence-corrected chi connectivity index (χ4v) is 2.32. The fraction of sp³-hybridized carbons (Fsp3) is 0.0588. The summed E-state index contributed by atoms with van der Waals surface area (Å²) in [6.07, 6.45) is 1.67. The molecule has 0 aliphatic carbocycles. The second kappa shape index (κ2) is 4.65. The van der Waals surface area contributed by atoms with Crippen LogP contribution in [-0.2, 0) is 0 Å². The number of hydrogen-bond donors (Lipinski definition) is 0. The van der Waals surface area contributed by atoms with E-state index in [2.05, 4.69) is 4.98 Å². The molecule has 0 amide bonds. The fourth-order valence-electron chi connectivity index (χ4n) is 2.32. The summed E-state index contributed by atoms with van der Waals surface area (Å²) in [4.78, 5) is 16.2. The van der Waals surface area contributed by atoms with Crippen molar-refractivity contribution < 1.29 is 4.79 Å². The second-order valence-corrected chi connectivity index (χ2v) is 4.49. The molecule has 0 aliphatic rings. The summed E-state index contributed by atoms with van der Waals surface area (Å²) in [6.45, 7) is 1.58. The maximum Gasteiger partial charge on any atom is 0.161 e. The first-order chi connectivity index (χ1) is 9.27. The number of para-hydroxylation sites is 1. The lowest BCUT2D eigenvalue weighted by molar-refractivity contribution is 0.101. The average Bonchev–Trinajstić information content (AvgIpc) is 2.46. The third-order valence-electron chi connectivity index (χ3n) is 3.22. The zero-order chi connectivity index (χ0) is 13.2. The van der Waals surface area contributed by atoms with Crippen molar-refractivity contribution in [1.82, 2.24) is 4.98 Å². The van der Waals surface area contributed by atoms with Crippen molar-refractivity contribution in [2.24, 2.45) is 0 Å². The van der Waals surface area contributed by atoms with Gasteiger partial charge in [-0.3, -0.25) is 9.78 Å². The normalized spacial score (nSPS) is 10.6. The van der Waals surface area contributed by atoms with Gasteiger partial charge in [0.25, 0.3) is 0 Å². The number of rotatable bonds is 2. The van der Waals surface area contributed by atoms with Crippen molar-refractivity contribution in [1.29, 1.82) is 0 Å². The minimum atomic E-state index is 0.0390. The number of nitrogens with zero attached hydrogens (tertiary/aromatic N) is 1. The molecule has 1 aromatic heterocycles. The van der Waals surface area contributed by atoms with Gasteiger partial charge in [0.15, 0.2) is 5.78 Å². The maximum atomic E-state index is 11.8. The molecule has 3 rings (SSSR count). The van der Waals surface area contributed by atoms with E-state index in [1.807, 2.05) is 54.6 Å². The molecule has 2 heteroatoms. The molecular weight excluding hydrogens is 234 g/mol. The van der Waals surface area contributed by atoms with E-state index >= 15 is 0 Å². The Morgan fingerprint density at radius 3 is 2.37 bits per heavy atom. The molecule has 0 saturated carbocycles. The van der Waals surface area contributed by atoms with Crippen LogP contribution in [0.25, 0.3) is 22.0 Å². The predicted molar refractivity (Wildman–Crippen MR) is 77.2 cm³/mol. The Labute approximate surface area is 111 Å². The summed E-state index contributed by atoms with van der Waals surface area (Å²) in [5, 5.41) is 1.02. The number of carbonyl (C=O) groups excluding carboxylic acids is 1. The molecule has 1 heterocycles. The number of aromatic nitrogens is 1. The lowest BCUT2D eigenvalue weighted by Gasteiger charge is -2.10. The van der Waals surface area contributed by atoms with Gasteiger partial charge in [-0.25, -0.2) is 0 Å². The molecule has 0 fully saturated rings. The highest BCUT2D eigenvalue weighted by molar-refractivity contribution is 6.08. The van der Waals surface area contributed by atoms with Crippen molar-refractivity contribution in [3.8, 4) is 11.1 Å². The highest BCUT2D eigenvalue weighted by Crippen LogP contribution is 2.31. The first-order valence-electron chi connectivity index (χ1n) is 6.21. The Morgan fingerprint density at radius 1 is 0.947 bits per heavy atom. The van der Waals surface area contributed by atoms with Gasteiger partial charge in [0.2, 0.25) is 0 Å². The van der Waals surface area contributed by atoms with E-state index in [1.165, 1.54) is 0 Å². The number of Topliss-reactive ketones (excluding diaryl/α,β-unsaturated/α-hetero) is 1. The Bertz CT molecular complexity index is 748. The molecule has 0 atom stereocenters. The molecule has 19 heavy (non-hydrogen) atoms. The van der Waals surface area contributed by atoms with Crippen molar-refractivity contribution in [3.05, 3.63) is 66.4 Å². The Balaban J connectivity index is 2.42. The number of fused-ring (bicyclic) bond motifs is 1. The molecule has 2 aromatic carbocycles. The molecular formula is C17H13NO. The topological polar surface area (TPSA) is 30.0 Å². The van der Waals surface area contributed by atoms with Crippen LogP contribution in [0.15, 0.2) is 60.8 Å². The van der Waals surface area contributed by atoms with Crippen LogP contribution in [0, 0.1) is 0 Å². The summed E-state index contributed by atoms with van der Waals surface area (Å²) in [5.74, 6) is 0.0390. The van der Waals surface area contributed by atoms with Gasteiger partial charge >= 0.3 is 0 Å². The van der Waals surface area contributed by atoms with E-state index in [-0.39, 0.29) is 5.78 Å². The van der Waals surface area contributed by atoms with Gasteiger partial charge < -0.3 is 0 Å². The van der Waals surface area contributed by atoms with Gasteiger partial charge in [-0.1, -0.05) is 48.5 Å². The maximum absolute atomic E-state index is 11.8. The Hall–Kier alpha value is -2.48. The quantitative estimate of drug-likeness (QED) is 0.638. The van der Waals surface area contributed by atoms with Crippen LogP contribution in [0.1, 0.15) is 17.3 Å². The molecule has 0 saturated heterocycles. The zero-order valence-corrected chi connectivity index (χ0v) is 10.6. The lowest BCUT2D eigenvalue weighted by Crippen LogP contribution is -1.98. The van der Waals surface area contributed by atoms with Gasteiger partial charge in [-0.2, -0.15) is 0 Å². The lowest BCUT2D eigenvalue weighted by atomic mass is 9.95. The average molecular weight is 247 g/mol. The standard InChI is InChI=1S/C17H13NO/c1-12(19)15-11-18-16-10-6-5-9-14(16)17(15)13-7-3-2-4-8-13/h2-11H,1H3. The first kappa shape index (κ1) is 11.6. The zero-order valence-electron chi connectivity index (χ0n) is 10.6. The molecule has 0 unspecified atom stereocenters. The summed E-state index contributed by atoms with van der Waals surface area (Å²) in [6, 6.07) is 17.9. The third kappa shape index (κ3) is 2.02. The van der Waals surface area contributed by atoms with Crippen LogP contribution in [0.5, 0.6) is 0 Å². The van der Waals surface area contributed by atoms with E-state index in [4.69, 9.17) is 0 Å². The molecule has 3 aromatic rings. The monoisotopic (exact) mass is 247 g/mol. The van der Waals surface area contributed by atoms with Gasteiger partial charge in [0.05, 0.1) is 5.52 Å². The minimum Gasteiger partial charge on any atom is -0.294 e. The minimum absolute atomic E-state index is 0.0390. The molecule has 2 nitrogen and oxygen atoms in total. The molecule has 0 spiro atoms. The summed E-state index contributed by atoms with van der Waals surface area (Å²) in [7, 11) is 0. The molecule has 0 bridgehead atoms. The number of pyridine rings is 1. The molecule has 92 valence electrons. The van der Waals surface area contributed by atoms with Crippen molar-refractivity contribution in [2.45, 2.75) is 6.92 Å². The van der Waals surface area contributed by atoms with Crippen LogP contribution in [-0.4, -0.2) is 10.8 Å². The van der Waals surface area contributed by atoms with Crippen LogP contribution in [0.2, 0.25) is 0 Å². The third-order valence-corrected chi connectivity index (χ3v) is 3.22. The largest absolute Gasteiger partial charge is 0.294 e. The SMILES string of the molecule is CC(=O)c1cnc2ccccc2c1-c1ccccc1. The van der Waals surface area contributed by atoms with Gasteiger partial charge in [0.1, 0.15) is 0 Å². The van der Waals surface area contributed by atoms with Gasteiger partial charge in [-0.05, 0) is 18.6 Å². The Morgan fingerprint density at radius 2 is 1.63 bits per heavy atom. The van der Waals surface area contributed by atoms with E-state index in [0.717, 1.165) is 22.0 Å². The Kier molecular flexibility index (Phi) is 2.84. The summed E-state index contributed by atoms with van der Waals surface area (Å²) in [5.41, 5.74) is 3.60. The van der Waals surface area contributed by atoms with Gasteiger partial charge in [-0.15, -0.1) is 0 Å². The first-order valence-corrected chi connectivity index (χ1v) is 6.21. The smallest absolute Gasteiger partial charge is 0.161 e. The van der Waals surface area contributed by atoms with E-state index in [1.54, 1.807) is 13.1 Å². The second-order valence-electron chi connectivity index (χ2n) is 4.49. The summed E-state index contributed by atoms with van der Waals surface area (Å²) < 4.78 is 0.